The quantitative estimate of drug-likeness (QED) is 0.510. The number of hydrogen-bond acceptors (Lipinski definition) is 3. The summed E-state index contributed by atoms with van der Waals surface area (Å²) in [6.07, 6.45) is 1.93. The maximum atomic E-state index is 8.91. The van der Waals surface area contributed by atoms with Crippen LogP contribution in [0.3, 0.4) is 0 Å². The molecule has 0 spiro atoms. The van der Waals surface area contributed by atoms with Gasteiger partial charge in [-0.15, -0.1) is 0 Å². The zero-order valence-electron chi connectivity index (χ0n) is 15.4. The Kier molecular flexibility index (Phi) is 12.1. The molecule has 0 saturated heterocycles. The molecule has 0 aliphatic carbocycles. The van der Waals surface area contributed by atoms with Gasteiger partial charge in [-0.05, 0) is 36.5 Å². The number of aliphatic hydroxyl groups is 1. The van der Waals surface area contributed by atoms with E-state index in [1.54, 1.807) is 24.7 Å². The van der Waals surface area contributed by atoms with Crippen LogP contribution in [-0.4, -0.2) is 24.6 Å². The van der Waals surface area contributed by atoms with Crippen molar-refractivity contribution in [2.45, 2.75) is 58.4 Å². The molecule has 0 aliphatic heterocycles. The molecule has 1 unspecified atom stereocenters. The molecule has 1 atom stereocenters. The van der Waals surface area contributed by atoms with Crippen molar-refractivity contribution < 1.29 is 39.3 Å². The van der Waals surface area contributed by atoms with Gasteiger partial charge in [0.05, 0.1) is 13.2 Å². The third-order valence-corrected chi connectivity index (χ3v) is 3.24. The van der Waals surface area contributed by atoms with Gasteiger partial charge in [-0.25, -0.2) is 0 Å². The third kappa shape index (κ3) is 10.3. The molecular formula is C19H33AtO3. The molecule has 0 fully saturated rings. The van der Waals surface area contributed by atoms with Gasteiger partial charge in [0, 0.05) is 5.41 Å². The first kappa shape index (κ1) is 22.8. The Labute approximate surface area is 157 Å². The number of aryl methyl sites for hydroxylation is 1. The molecule has 23 heavy (non-hydrogen) atoms. The Morgan fingerprint density at radius 3 is 2.09 bits per heavy atom. The Morgan fingerprint density at radius 2 is 1.65 bits per heavy atom. The zero-order chi connectivity index (χ0) is 17.9. The summed E-state index contributed by atoms with van der Waals surface area (Å²) in [6.45, 7) is 11.0. The van der Waals surface area contributed by atoms with E-state index in [0.717, 1.165) is 18.1 Å². The van der Waals surface area contributed by atoms with Gasteiger partial charge in [-0.2, -0.15) is 0 Å². The van der Waals surface area contributed by atoms with E-state index in [1.165, 1.54) is 12.0 Å². The van der Waals surface area contributed by atoms with E-state index in [1.807, 2.05) is 12.1 Å². The van der Waals surface area contributed by atoms with Crippen LogP contribution in [0.5, 0.6) is 5.75 Å². The minimum atomic E-state index is -0.369. The maximum absolute atomic E-state index is 8.91. The predicted molar refractivity (Wildman–Crippen MR) is 92.4 cm³/mol. The topological polar surface area (TPSA) is 38.7 Å². The molecule has 1 aromatic carbocycles. The molecule has 0 amide bonds. The Balaban J connectivity index is 0.00000232. The van der Waals surface area contributed by atoms with Gasteiger partial charge < -0.3 is 14.6 Å². The van der Waals surface area contributed by atoms with E-state index < -0.39 is 0 Å². The summed E-state index contributed by atoms with van der Waals surface area (Å²) in [5.74, 6) is 1.53. The van der Waals surface area contributed by atoms with Crippen LogP contribution < -0.4 is 4.74 Å². The van der Waals surface area contributed by atoms with Gasteiger partial charge in [-0.1, -0.05) is 46.8 Å². The molecule has 1 N–H and O–H groups in total. The second-order valence-corrected chi connectivity index (χ2v) is 6.99. The first-order chi connectivity index (χ1) is 10.8. The van der Waals surface area contributed by atoms with Gasteiger partial charge in [0.25, 0.3) is 0 Å². The average molecular weight is 519 g/mol. The van der Waals surface area contributed by atoms with Gasteiger partial charge >= 0.3 is 29.4 Å². The molecule has 0 bridgehead atoms. The SMILES string of the molecule is CC(C)CCc1ccc(OC(OCCO)C(C)(C)C)cc1.C[At]. The zero-order valence-corrected chi connectivity index (χ0v) is 18.4. The summed E-state index contributed by atoms with van der Waals surface area (Å²) in [5, 5.41) is 8.91. The van der Waals surface area contributed by atoms with Gasteiger partial charge in [-0.3, -0.25) is 0 Å². The summed E-state index contributed by atoms with van der Waals surface area (Å²) in [7, 11) is 0. The van der Waals surface area contributed by atoms with Crippen molar-refractivity contribution >= 4 is 0 Å². The minimum absolute atomic E-state index is 0.00405. The van der Waals surface area contributed by atoms with Crippen LogP contribution >= 0.6 is 0 Å². The van der Waals surface area contributed by atoms with Crippen molar-refractivity contribution in [3.05, 3.63) is 29.8 Å². The average Bonchev–Trinajstić information content (AvgIpc) is 2.51. The molecule has 1 aromatic rings. The molecule has 134 valence electrons. The van der Waals surface area contributed by atoms with E-state index >= 15 is 0 Å². The molecular weight excluding hydrogens is 486 g/mol. The molecule has 0 aliphatic rings. The molecule has 0 saturated carbocycles. The molecule has 4 heteroatoms. The molecule has 0 aromatic heterocycles. The summed E-state index contributed by atoms with van der Waals surface area (Å²) in [6, 6.07) is 8.22. The summed E-state index contributed by atoms with van der Waals surface area (Å²) in [4.78, 5) is 0. The Morgan fingerprint density at radius 1 is 1.09 bits per heavy atom. The fourth-order valence-electron chi connectivity index (χ4n) is 1.93. The fraction of sp³-hybridized carbons (Fsp3) is 0.684. The number of benzene rings is 1. The van der Waals surface area contributed by atoms with Crippen LogP contribution in [0, 0.1) is 36.1 Å². The fourth-order valence-corrected chi connectivity index (χ4v) is 1.93. The number of ether oxygens (including phenoxy) is 2. The van der Waals surface area contributed by atoms with Crippen LogP contribution in [0.2, 0.25) is 4.63 Å². The molecule has 0 radical (unpaired) electrons. The van der Waals surface area contributed by atoms with Gasteiger partial charge in [0.15, 0.2) is 0 Å². The van der Waals surface area contributed by atoms with Crippen molar-refractivity contribution in [1.82, 2.24) is 0 Å². The van der Waals surface area contributed by atoms with Crippen molar-refractivity contribution in [1.29, 1.82) is 0 Å². The van der Waals surface area contributed by atoms with Crippen LogP contribution in [-0.2, 0) is 11.2 Å². The Bertz CT molecular complexity index is 396. The van der Waals surface area contributed by atoms with E-state index in [-0.39, 0.29) is 24.9 Å². The molecule has 0 heterocycles. The molecule has 3 nitrogen and oxygen atoms in total. The Hall–Kier alpha value is -0.177. The van der Waals surface area contributed by atoms with Crippen LogP contribution in [0.25, 0.3) is 0 Å². The van der Waals surface area contributed by atoms with E-state index in [4.69, 9.17) is 14.6 Å². The first-order valence-electron chi connectivity index (χ1n) is 8.18. The van der Waals surface area contributed by atoms with Crippen LogP contribution in [0.4, 0.5) is 0 Å². The summed E-state index contributed by atoms with van der Waals surface area (Å²) >= 11 is 1.72. The second-order valence-electron chi connectivity index (χ2n) is 6.99. The van der Waals surface area contributed by atoms with E-state index in [2.05, 4.69) is 51.4 Å². The normalized spacial score (nSPS) is 12.6. The van der Waals surface area contributed by atoms with E-state index in [0.29, 0.717) is 0 Å². The van der Waals surface area contributed by atoms with Crippen LogP contribution in [0.1, 0.15) is 46.6 Å². The monoisotopic (exact) mass is 519 g/mol. The van der Waals surface area contributed by atoms with Crippen LogP contribution in [0.15, 0.2) is 24.3 Å². The number of rotatable bonds is 8. The van der Waals surface area contributed by atoms with Crippen molar-refractivity contribution in [2.75, 3.05) is 13.2 Å². The predicted octanol–water partition coefficient (Wildman–Crippen LogP) is 4.62. The van der Waals surface area contributed by atoms with Crippen molar-refractivity contribution in [3.8, 4) is 5.75 Å². The second kappa shape index (κ2) is 12.2. The van der Waals surface area contributed by atoms with Crippen molar-refractivity contribution in [3.63, 3.8) is 0 Å². The third-order valence-electron chi connectivity index (χ3n) is 3.24. The number of aliphatic hydroxyl groups excluding tert-OH is 1. The number of hydrogen-bond donors (Lipinski definition) is 1. The summed E-state index contributed by atoms with van der Waals surface area (Å²) < 4.78 is 13.6. The van der Waals surface area contributed by atoms with Crippen molar-refractivity contribution in [2.24, 2.45) is 11.3 Å². The van der Waals surface area contributed by atoms with Gasteiger partial charge in [0.2, 0.25) is 6.29 Å². The standard InChI is InChI=1S/C18H30O3.CH3At/c1-14(2)6-7-15-8-10-16(11-9-15)21-17(18(3,4)5)20-13-12-19;1-2/h8-11,14,17,19H,6-7,12-13H2,1-5H3;1H3. The first-order valence-corrected chi connectivity index (χ1v) is 11.1. The van der Waals surface area contributed by atoms with Gasteiger partial charge in [0.1, 0.15) is 5.75 Å². The summed E-state index contributed by atoms with van der Waals surface area (Å²) in [5.41, 5.74) is 1.19. The molecule has 1 rings (SSSR count). The van der Waals surface area contributed by atoms with E-state index in [9.17, 15) is 0 Å².